The van der Waals surface area contributed by atoms with E-state index in [0.29, 0.717) is 19.0 Å². The van der Waals surface area contributed by atoms with E-state index in [9.17, 15) is 0 Å². The maximum atomic E-state index is 5.24. The van der Waals surface area contributed by atoms with Gasteiger partial charge in [0.2, 0.25) is 5.88 Å². The Morgan fingerprint density at radius 1 is 1.08 bits per heavy atom. The normalized spacial score (nSPS) is 11.0. The van der Waals surface area contributed by atoms with Gasteiger partial charge in [0.15, 0.2) is 5.96 Å². The molecule has 1 aromatic carbocycles. The summed E-state index contributed by atoms with van der Waals surface area (Å²) in [5.41, 5.74) is 2.15. The number of hydrogen-bond acceptors (Lipinski definition) is 4. The molecule has 0 saturated heterocycles. The fourth-order valence-electron chi connectivity index (χ4n) is 2.11. The van der Waals surface area contributed by atoms with Crippen molar-refractivity contribution >= 4 is 5.96 Å². The highest BCUT2D eigenvalue weighted by Crippen LogP contribution is 2.12. The van der Waals surface area contributed by atoms with Crippen LogP contribution in [-0.4, -0.2) is 31.7 Å². The smallest absolute Gasteiger partial charge is 0.212 e. The van der Waals surface area contributed by atoms with Gasteiger partial charge in [-0.15, -0.1) is 0 Å². The van der Waals surface area contributed by atoms with Crippen LogP contribution in [-0.2, 0) is 13.1 Å². The molecule has 0 radical (unpaired) electrons. The Kier molecular flexibility index (Phi) is 6.89. The lowest BCUT2D eigenvalue weighted by molar-refractivity contribution is 0.397. The van der Waals surface area contributed by atoms with Gasteiger partial charge in [0.1, 0.15) is 5.75 Å². The van der Waals surface area contributed by atoms with E-state index in [4.69, 9.17) is 9.47 Å². The molecule has 6 heteroatoms. The molecule has 0 amide bonds. The molecule has 6 nitrogen and oxygen atoms in total. The van der Waals surface area contributed by atoms with Gasteiger partial charge in [-0.2, -0.15) is 0 Å². The number of hydrogen-bond donors (Lipinski definition) is 2. The summed E-state index contributed by atoms with van der Waals surface area (Å²) < 4.78 is 10.3. The molecule has 0 aliphatic rings. The van der Waals surface area contributed by atoms with Crippen molar-refractivity contribution in [2.75, 3.05) is 20.8 Å². The molecule has 2 aromatic rings. The van der Waals surface area contributed by atoms with Crippen molar-refractivity contribution in [1.29, 1.82) is 0 Å². The van der Waals surface area contributed by atoms with E-state index >= 15 is 0 Å². The molecule has 1 aromatic heterocycles. The summed E-state index contributed by atoms with van der Waals surface area (Å²) in [6.07, 6.45) is 1.77. The van der Waals surface area contributed by atoms with Gasteiger partial charge in [0, 0.05) is 25.4 Å². The largest absolute Gasteiger partial charge is 0.497 e. The van der Waals surface area contributed by atoms with Gasteiger partial charge < -0.3 is 20.1 Å². The number of pyridine rings is 1. The van der Waals surface area contributed by atoms with Crippen molar-refractivity contribution in [3.63, 3.8) is 0 Å². The lowest BCUT2D eigenvalue weighted by Gasteiger charge is -2.12. The standard InChI is InChI=1S/C18H24N4O2/c1-4-19-18(21-11-14-6-5-7-16(10-14)23-2)22-13-15-8-9-17(24-3)20-12-15/h5-10,12H,4,11,13H2,1-3H3,(H2,19,21,22). The van der Waals surface area contributed by atoms with Crippen molar-refractivity contribution in [2.24, 2.45) is 4.99 Å². The van der Waals surface area contributed by atoms with Crippen LogP contribution < -0.4 is 20.1 Å². The summed E-state index contributed by atoms with van der Waals surface area (Å²) in [4.78, 5) is 8.77. The van der Waals surface area contributed by atoms with Crippen LogP contribution in [0.5, 0.6) is 11.6 Å². The molecule has 0 saturated carbocycles. The number of methoxy groups -OCH3 is 2. The highest BCUT2D eigenvalue weighted by Gasteiger charge is 2.01. The first-order chi connectivity index (χ1) is 11.7. The monoisotopic (exact) mass is 328 g/mol. The Morgan fingerprint density at radius 2 is 1.96 bits per heavy atom. The quantitative estimate of drug-likeness (QED) is 0.603. The van der Waals surface area contributed by atoms with Crippen LogP contribution in [0.2, 0.25) is 0 Å². The number of ether oxygens (including phenoxy) is 2. The third-order valence-corrected chi connectivity index (χ3v) is 3.36. The Morgan fingerprint density at radius 3 is 2.62 bits per heavy atom. The number of benzene rings is 1. The predicted octanol–water partition coefficient (Wildman–Crippen LogP) is 2.35. The zero-order valence-electron chi connectivity index (χ0n) is 14.4. The van der Waals surface area contributed by atoms with Crippen LogP contribution >= 0.6 is 0 Å². The molecule has 0 unspecified atom stereocenters. The van der Waals surface area contributed by atoms with Crippen LogP contribution in [0.4, 0.5) is 0 Å². The van der Waals surface area contributed by atoms with Gasteiger partial charge >= 0.3 is 0 Å². The third-order valence-electron chi connectivity index (χ3n) is 3.36. The number of rotatable bonds is 7. The molecule has 0 atom stereocenters. The molecule has 2 N–H and O–H groups in total. The number of guanidine groups is 1. The van der Waals surface area contributed by atoms with Crippen LogP contribution in [0.3, 0.4) is 0 Å². The van der Waals surface area contributed by atoms with Crippen molar-refractivity contribution in [3.8, 4) is 11.6 Å². The fraction of sp³-hybridized carbons (Fsp3) is 0.333. The topological polar surface area (TPSA) is 67.8 Å². The molecule has 0 fully saturated rings. The molecule has 0 aliphatic carbocycles. The Bertz CT molecular complexity index is 656. The van der Waals surface area contributed by atoms with Crippen molar-refractivity contribution in [3.05, 3.63) is 53.7 Å². The van der Waals surface area contributed by atoms with Gasteiger partial charge in [-0.1, -0.05) is 18.2 Å². The molecule has 24 heavy (non-hydrogen) atoms. The average Bonchev–Trinajstić information content (AvgIpc) is 2.64. The minimum Gasteiger partial charge on any atom is -0.497 e. The zero-order valence-corrected chi connectivity index (χ0v) is 14.4. The van der Waals surface area contributed by atoms with Gasteiger partial charge in [-0.05, 0) is 30.2 Å². The first-order valence-electron chi connectivity index (χ1n) is 7.89. The molecule has 0 bridgehead atoms. The first-order valence-corrected chi connectivity index (χ1v) is 7.89. The predicted molar refractivity (Wildman–Crippen MR) is 95.4 cm³/mol. The minimum absolute atomic E-state index is 0.546. The van der Waals surface area contributed by atoms with Crippen LogP contribution in [0.1, 0.15) is 18.1 Å². The second-order valence-corrected chi connectivity index (χ2v) is 5.11. The van der Waals surface area contributed by atoms with E-state index in [2.05, 4.69) is 20.6 Å². The Hall–Kier alpha value is -2.76. The summed E-state index contributed by atoms with van der Waals surface area (Å²) in [6, 6.07) is 11.8. The second kappa shape index (κ2) is 9.39. The van der Waals surface area contributed by atoms with E-state index in [1.807, 2.05) is 43.3 Å². The van der Waals surface area contributed by atoms with Crippen molar-refractivity contribution in [1.82, 2.24) is 15.6 Å². The SMILES string of the molecule is CCNC(=NCc1ccc(OC)nc1)NCc1cccc(OC)c1. The average molecular weight is 328 g/mol. The minimum atomic E-state index is 0.546. The molecular formula is C18H24N4O2. The van der Waals surface area contributed by atoms with E-state index < -0.39 is 0 Å². The molecule has 2 rings (SSSR count). The molecule has 0 aliphatic heterocycles. The maximum Gasteiger partial charge on any atom is 0.212 e. The Labute approximate surface area is 142 Å². The van der Waals surface area contributed by atoms with Crippen LogP contribution in [0, 0.1) is 0 Å². The number of nitrogens with one attached hydrogen (secondary N) is 2. The summed E-state index contributed by atoms with van der Waals surface area (Å²) in [5.74, 6) is 2.21. The number of aromatic nitrogens is 1. The highest BCUT2D eigenvalue weighted by atomic mass is 16.5. The third kappa shape index (κ3) is 5.46. The summed E-state index contributed by atoms with van der Waals surface area (Å²) in [7, 11) is 3.27. The maximum absolute atomic E-state index is 5.24. The van der Waals surface area contributed by atoms with E-state index in [1.165, 1.54) is 0 Å². The summed E-state index contributed by atoms with van der Waals surface area (Å²) in [6.45, 7) is 4.05. The van der Waals surface area contributed by atoms with Crippen LogP contribution in [0.25, 0.3) is 0 Å². The number of nitrogens with zero attached hydrogens (tertiary/aromatic N) is 2. The van der Waals surface area contributed by atoms with E-state index in [1.54, 1.807) is 20.4 Å². The Balaban J connectivity index is 1.96. The fourth-order valence-corrected chi connectivity index (χ4v) is 2.11. The highest BCUT2D eigenvalue weighted by molar-refractivity contribution is 5.79. The van der Waals surface area contributed by atoms with Gasteiger partial charge in [-0.25, -0.2) is 9.98 Å². The molecule has 128 valence electrons. The van der Waals surface area contributed by atoms with Crippen molar-refractivity contribution in [2.45, 2.75) is 20.0 Å². The zero-order chi connectivity index (χ0) is 17.2. The molecular weight excluding hydrogens is 304 g/mol. The van der Waals surface area contributed by atoms with Gasteiger partial charge in [0.25, 0.3) is 0 Å². The van der Waals surface area contributed by atoms with Crippen molar-refractivity contribution < 1.29 is 9.47 Å². The summed E-state index contributed by atoms with van der Waals surface area (Å²) >= 11 is 0. The van der Waals surface area contributed by atoms with E-state index in [-0.39, 0.29) is 0 Å². The van der Waals surface area contributed by atoms with Gasteiger partial charge in [0.05, 0.1) is 20.8 Å². The van der Waals surface area contributed by atoms with Gasteiger partial charge in [-0.3, -0.25) is 0 Å². The lowest BCUT2D eigenvalue weighted by Crippen LogP contribution is -2.36. The van der Waals surface area contributed by atoms with E-state index in [0.717, 1.165) is 29.4 Å². The second-order valence-electron chi connectivity index (χ2n) is 5.11. The lowest BCUT2D eigenvalue weighted by atomic mass is 10.2. The molecule has 1 heterocycles. The first kappa shape index (κ1) is 17.6. The number of aliphatic imine (C=N–C) groups is 1. The molecule has 0 spiro atoms. The summed E-state index contributed by atoms with van der Waals surface area (Å²) in [5, 5.41) is 6.56. The van der Waals surface area contributed by atoms with Crippen LogP contribution in [0.15, 0.2) is 47.6 Å².